The highest BCUT2D eigenvalue weighted by atomic mass is 35.5. The first-order valence-electron chi connectivity index (χ1n) is 9.02. The molecule has 0 spiro atoms. The number of amides is 1. The second kappa shape index (κ2) is 7.62. The number of hydrogen-bond acceptors (Lipinski definition) is 3. The Morgan fingerprint density at radius 3 is 2.77 bits per heavy atom. The number of rotatable bonds is 3. The Balaban J connectivity index is 2.04. The summed E-state index contributed by atoms with van der Waals surface area (Å²) in [5.41, 5.74) is 1.79. The van der Waals surface area contributed by atoms with Gasteiger partial charge >= 0.3 is 0 Å². The minimum absolute atomic E-state index is 0.000853. The zero-order valence-corrected chi connectivity index (χ0v) is 16.2. The molecule has 1 atom stereocenters. The molecule has 1 aromatic carbocycles. The zero-order chi connectivity index (χ0) is 18.8. The topological polar surface area (TPSA) is 55.2 Å². The highest BCUT2D eigenvalue weighted by molar-refractivity contribution is 6.30. The summed E-state index contributed by atoms with van der Waals surface area (Å²) >= 11 is 6.11. The van der Waals surface area contributed by atoms with Crippen LogP contribution in [0.5, 0.6) is 0 Å². The summed E-state index contributed by atoms with van der Waals surface area (Å²) in [5, 5.41) is 0.567. The van der Waals surface area contributed by atoms with Crippen LogP contribution >= 0.6 is 11.6 Å². The number of halogens is 1. The Hall–Kier alpha value is -2.14. The first-order chi connectivity index (χ1) is 12.4. The van der Waals surface area contributed by atoms with Crippen LogP contribution in [-0.4, -0.2) is 32.9 Å². The number of benzene rings is 1. The summed E-state index contributed by atoms with van der Waals surface area (Å²) in [5.74, 6) is 0.450. The lowest BCUT2D eigenvalue weighted by Gasteiger charge is -2.33. The van der Waals surface area contributed by atoms with Gasteiger partial charge in [-0.05, 0) is 52.2 Å². The number of carbonyl (C=O) groups excluding carboxylic acids is 1. The number of carbonyl (C=O) groups is 1. The third-order valence-corrected chi connectivity index (χ3v) is 5.37. The van der Waals surface area contributed by atoms with E-state index in [-0.39, 0.29) is 24.1 Å². The molecule has 5 nitrogen and oxygen atoms in total. The molecule has 138 valence electrons. The SMILES string of the molecule is Cc1nc(-c2cccc(Cl)c2)n(CC(=O)N2CCCC[C@@H]2C)c(=O)c1C. The molecule has 1 amide bonds. The highest BCUT2D eigenvalue weighted by Crippen LogP contribution is 2.22. The number of nitrogens with zero attached hydrogens (tertiary/aromatic N) is 3. The predicted molar refractivity (Wildman–Crippen MR) is 103 cm³/mol. The molecule has 1 aromatic heterocycles. The predicted octanol–water partition coefficient (Wildman–Crippen LogP) is 3.58. The fourth-order valence-corrected chi connectivity index (χ4v) is 3.64. The summed E-state index contributed by atoms with van der Waals surface area (Å²) in [6.07, 6.45) is 3.16. The van der Waals surface area contributed by atoms with Gasteiger partial charge in [0.1, 0.15) is 12.4 Å². The van der Waals surface area contributed by atoms with Gasteiger partial charge in [-0.2, -0.15) is 0 Å². The second-order valence-corrected chi connectivity index (χ2v) is 7.42. The van der Waals surface area contributed by atoms with Crippen LogP contribution in [0.15, 0.2) is 29.1 Å². The van der Waals surface area contributed by atoms with Gasteiger partial charge in [-0.3, -0.25) is 14.2 Å². The molecule has 3 rings (SSSR count). The van der Waals surface area contributed by atoms with E-state index in [1.807, 2.05) is 24.0 Å². The van der Waals surface area contributed by atoms with Crippen LogP contribution in [0.3, 0.4) is 0 Å². The molecule has 0 N–H and O–H groups in total. The van der Waals surface area contributed by atoms with Crippen molar-refractivity contribution in [3.05, 3.63) is 50.9 Å². The van der Waals surface area contributed by atoms with Crippen molar-refractivity contribution >= 4 is 17.5 Å². The number of aromatic nitrogens is 2. The summed E-state index contributed by atoms with van der Waals surface area (Å²) in [6, 6.07) is 7.42. The van der Waals surface area contributed by atoms with Crippen molar-refractivity contribution in [3.8, 4) is 11.4 Å². The van der Waals surface area contributed by atoms with Crippen LogP contribution < -0.4 is 5.56 Å². The van der Waals surface area contributed by atoms with Gasteiger partial charge in [0.05, 0.1) is 0 Å². The molecule has 1 aliphatic rings. The Kier molecular flexibility index (Phi) is 5.47. The molecule has 0 saturated carbocycles. The molecule has 1 saturated heterocycles. The van der Waals surface area contributed by atoms with E-state index in [0.717, 1.165) is 31.4 Å². The number of piperidine rings is 1. The van der Waals surface area contributed by atoms with Crippen molar-refractivity contribution in [2.45, 2.75) is 52.6 Å². The first-order valence-corrected chi connectivity index (χ1v) is 9.39. The molecular formula is C20H24ClN3O2. The average molecular weight is 374 g/mol. The summed E-state index contributed by atoms with van der Waals surface area (Å²) in [6.45, 7) is 6.37. The van der Waals surface area contributed by atoms with Gasteiger partial charge in [0.25, 0.3) is 5.56 Å². The maximum Gasteiger partial charge on any atom is 0.257 e. The molecule has 2 aromatic rings. The number of hydrogen-bond donors (Lipinski definition) is 0. The minimum Gasteiger partial charge on any atom is -0.338 e. The molecule has 0 radical (unpaired) electrons. The molecule has 6 heteroatoms. The Morgan fingerprint density at radius 2 is 2.08 bits per heavy atom. The highest BCUT2D eigenvalue weighted by Gasteiger charge is 2.25. The van der Waals surface area contributed by atoms with E-state index < -0.39 is 0 Å². The number of aryl methyl sites for hydroxylation is 1. The van der Waals surface area contributed by atoms with Crippen LogP contribution in [0.1, 0.15) is 37.4 Å². The molecule has 0 aliphatic carbocycles. The zero-order valence-electron chi connectivity index (χ0n) is 15.5. The summed E-state index contributed by atoms with van der Waals surface area (Å²) in [7, 11) is 0. The normalized spacial score (nSPS) is 17.4. The molecule has 1 fully saturated rings. The third kappa shape index (κ3) is 3.68. The van der Waals surface area contributed by atoms with Crippen molar-refractivity contribution < 1.29 is 4.79 Å². The van der Waals surface area contributed by atoms with Gasteiger partial charge < -0.3 is 4.90 Å². The van der Waals surface area contributed by atoms with Crippen molar-refractivity contribution in [1.29, 1.82) is 0 Å². The van der Waals surface area contributed by atoms with Crippen molar-refractivity contribution in [2.75, 3.05) is 6.54 Å². The molecular weight excluding hydrogens is 350 g/mol. The van der Waals surface area contributed by atoms with Crippen molar-refractivity contribution in [3.63, 3.8) is 0 Å². The molecule has 0 unspecified atom stereocenters. The maximum absolute atomic E-state index is 12.9. The number of likely N-dealkylation sites (tertiary alicyclic amines) is 1. The van der Waals surface area contributed by atoms with Crippen molar-refractivity contribution in [2.24, 2.45) is 0 Å². The standard InChI is InChI=1S/C20H24ClN3O2/c1-13-7-4-5-10-23(13)18(25)12-24-19(16-8-6-9-17(21)11-16)22-15(3)14(2)20(24)26/h6,8-9,11,13H,4-5,7,10,12H2,1-3H3/t13-/m0/s1. The molecule has 2 heterocycles. The average Bonchev–Trinajstić information content (AvgIpc) is 2.62. The van der Waals surface area contributed by atoms with E-state index in [4.69, 9.17) is 11.6 Å². The van der Waals surface area contributed by atoms with E-state index in [2.05, 4.69) is 11.9 Å². The van der Waals surface area contributed by atoms with Crippen molar-refractivity contribution in [1.82, 2.24) is 14.5 Å². The minimum atomic E-state index is -0.175. The largest absolute Gasteiger partial charge is 0.338 e. The van der Waals surface area contributed by atoms with Gasteiger partial charge in [0.15, 0.2) is 0 Å². The third-order valence-electron chi connectivity index (χ3n) is 5.14. The quantitative estimate of drug-likeness (QED) is 0.826. The first kappa shape index (κ1) is 18.6. The molecule has 1 aliphatic heterocycles. The van der Waals surface area contributed by atoms with Gasteiger partial charge in [-0.15, -0.1) is 0 Å². The maximum atomic E-state index is 12.9. The van der Waals surface area contributed by atoms with E-state index in [0.29, 0.717) is 22.1 Å². The van der Waals surface area contributed by atoms with E-state index in [1.54, 1.807) is 19.1 Å². The van der Waals surface area contributed by atoms with Gasteiger partial charge in [-0.1, -0.05) is 23.7 Å². The summed E-state index contributed by atoms with van der Waals surface area (Å²) in [4.78, 5) is 32.3. The van der Waals surface area contributed by atoms with Gasteiger partial charge in [0.2, 0.25) is 5.91 Å². The second-order valence-electron chi connectivity index (χ2n) is 6.98. The lowest BCUT2D eigenvalue weighted by Crippen LogP contribution is -2.45. The lowest BCUT2D eigenvalue weighted by molar-refractivity contribution is -0.135. The van der Waals surface area contributed by atoms with Crippen LogP contribution in [0.2, 0.25) is 5.02 Å². The van der Waals surface area contributed by atoms with Crippen LogP contribution in [-0.2, 0) is 11.3 Å². The summed E-state index contributed by atoms with van der Waals surface area (Å²) < 4.78 is 1.48. The van der Waals surface area contributed by atoms with E-state index >= 15 is 0 Å². The Labute approximate surface area is 158 Å². The van der Waals surface area contributed by atoms with E-state index in [9.17, 15) is 9.59 Å². The monoisotopic (exact) mass is 373 g/mol. The van der Waals surface area contributed by atoms with Gasteiger partial charge in [-0.25, -0.2) is 4.98 Å². The fourth-order valence-electron chi connectivity index (χ4n) is 3.45. The van der Waals surface area contributed by atoms with Crippen LogP contribution in [0.4, 0.5) is 0 Å². The lowest BCUT2D eigenvalue weighted by atomic mass is 10.0. The van der Waals surface area contributed by atoms with E-state index in [1.165, 1.54) is 4.57 Å². The molecule has 26 heavy (non-hydrogen) atoms. The van der Waals surface area contributed by atoms with Gasteiger partial charge in [0, 0.05) is 34.4 Å². The van der Waals surface area contributed by atoms with Crippen LogP contribution in [0, 0.1) is 13.8 Å². The Bertz CT molecular complexity index is 891. The smallest absolute Gasteiger partial charge is 0.257 e. The van der Waals surface area contributed by atoms with Crippen LogP contribution in [0.25, 0.3) is 11.4 Å². The molecule has 0 bridgehead atoms. The Morgan fingerprint density at radius 1 is 1.31 bits per heavy atom. The fraction of sp³-hybridized carbons (Fsp3) is 0.450.